The van der Waals surface area contributed by atoms with Crippen LogP contribution in [0.3, 0.4) is 0 Å². The van der Waals surface area contributed by atoms with E-state index in [1.807, 2.05) is 6.07 Å². The highest BCUT2D eigenvalue weighted by atomic mass is 15.0. The number of rotatable bonds is 4. The predicted octanol–water partition coefficient (Wildman–Crippen LogP) is 1.85. The molecule has 2 heterocycles. The molecule has 2 rings (SSSR count). The van der Waals surface area contributed by atoms with Crippen LogP contribution in [-0.4, -0.2) is 21.0 Å². The summed E-state index contributed by atoms with van der Waals surface area (Å²) in [6, 6.07) is 2.44. The number of hydrogen-bond donors (Lipinski definition) is 2. The Morgan fingerprint density at radius 2 is 2.40 bits per heavy atom. The molecule has 1 unspecified atom stereocenters. The first kappa shape index (κ1) is 10.1. The molecule has 15 heavy (non-hydrogen) atoms. The van der Waals surface area contributed by atoms with Gasteiger partial charge in [-0.15, -0.1) is 0 Å². The lowest BCUT2D eigenvalue weighted by Crippen LogP contribution is -2.24. The van der Waals surface area contributed by atoms with Gasteiger partial charge in [-0.3, -0.25) is 4.98 Å². The van der Waals surface area contributed by atoms with Gasteiger partial charge in [0.1, 0.15) is 5.82 Å². The van der Waals surface area contributed by atoms with E-state index in [2.05, 4.69) is 34.1 Å². The molecule has 4 nitrogen and oxygen atoms in total. The molecular formula is C11H16N4. The molecule has 1 atom stereocenters. The summed E-state index contributed by atoms with van der Waals surface area (Å²) in [6.45, 7) is 5.12. The van der Waals surface area contributed by atoms with Crippen LogP contribution in [0.4, 0.5) is 0 Å². The number of nitrogens with zero attached hydrogens (tertiary/aromatic N) is 2. The fraction of sp³-hybridized carbons (Fsp3) is 0.455. The number of H-pyrrole nitrogens is 1. The van der Waals surface area contributed by atoms with Crippen LogP contribution in [0.2, 0.25) is 0 Å². The monoisotopic (exact) mass is 204 g/mol. The number of nitrogens with one attached hydrogen (secondary N) is 2. The quantitative estimate of drug-likeness (QED) is 0.799. The predicted molar refractivity (Wildman–Crippen MR) is 60.5 cm³/mol. The Labute approximate surface area is 89.1 Å². The van der Waals surface area contributed by atoms with E-state index in [-0.39, 0.29) is 0 Å². The van der Waals surface area contributed by atoms with Crippen LogP contribution in [0.5, 0.6) is 0 Å². The number of imidazole rings is 1. The van der Waals surface area contributed by atoms with Gasteiger partial charge >= 0.3 is 0 Å². The molecule has 0 aliphatic heterocycles. The zero-order chi connectivity index (χ0) is 10.7. The summed E-state index contributed by atoms with van der Waals surface area (Å²) in [4.78, 5) is 11.7. The summed E-state index contributed by atoms with van der Waals surface area (Å²) in [5, 5.41) is 3.40. The molecule has 2 N–H and O–H groups in total. The molecule has 2 aromatic heterocycles. The highest BCUT2D eigenvalue weighted by Crippen LogP contribution is 2.08. The SMILES string of the molecule is CCC(C)NCc1nc2ccncc2[nH]1. The third kappa shape index (κ3) is 2.33. The van der Waals surface area contributed by atoms with Crippen molar-refractivity contribution in [3.63, 3.8) is 0 Å². The largest absolute Gasteiger partial charge is 0.340 e. The molecule has 0 aromatic carbocycles. The van der Waals surface area contributed by atoms with Crippen LogP contribution in [0, 0.1) is 0 Å². The van der Waals surface area contributed by atoms with Gasteiger partial charge in [0.05, 0.1) is 23.8 Å². The second kappa shape index (κ2) is 4.40. The summed E-state index contributed by atoms with van der Waals surface area (Å²) >= 11 is 0. The Balaban J connectivity index is 2.09. The van der Waals surface area contributed by atoms with Gasteiger partial charge in [-0.25, -0.2) is 4.98 Å². The Hall–Kier alpha value is -1.42. The molecule has 0 radical (unpaired) electrons. The first-order chi connectivity index (χ1) is 7.29. The minimum Gasteiger partial charge on any atom is -0.340 e. The number of aromatic nitrogens is 3. The molecule has 0 aliphatic carbocycles. The summed E-state index contributed by atoms with van der Waals surface area (Å²) in [5.41, 5.74) is 1.98. The van der Waals surface area contributed by atoms with Crippen LogP contribution in [-0.2, 0) is 6.54 Å². The second-order valence-corrected chi connectivity index (χ2v) is 3.77. The van der Waals surface area contributed by atoms with Gasteiger partial charge in [0, 0.05) is 12.2 Å². The van der Waals surface area contributed by atoms with Crippen molar-refractivity contribution in [3.05, 3.63) is 24.3 Å². The first-order valence-corrected chi connectivity index (χ1v) is 5.31. The van der Waals surface area contributed by atoms with Crippen LogP contribution in [0.25, 0.3) is 11.0 Å². The fourth-order valence-corrected chi connectivity index (χ4v) is 1.41. The number of fused-ring (bicyclic) bond motifs is 1. The maximum atomic E-state index is 4.46. The van der Waals surface area contributed by atoms with Gasteiger partial charge in [0.2, 0.25) is 0 Å². The topological polar surface area (TPSA) is 53.6 Å². The van der Waals surface area contributed by atoms with Crippen LogP contribution >= 0.6 is 0 Å². The number of pyridine rings is 1. The van der Waals surface area contributed by atoms with E-state index in [1.54, 1.807) is 12.4 Å². The van der Waals surface area contributed by atoms with E-state index in [0.717, 1.165) is 29.8 Å². The van der Waals surface area contributed by atoms with Crippen molar-refractivity contribution in [1.29, 1.82) is 0 Å². The summed E-state index contributed by atoms with van der Waals surface area (Å²) in [7, 11) is 0. The molecule has 0 bridgehead atoms. The van der Waals surface area contributed by atoms with Crippen molar-refractivity contribution in [2.75, 3.05) is 0 Å². The smallest absolute Gasteiger partial charge is 0.121 e. The molecule has 80 valence electrons. The molecule has 0 aliphatic rings. The average Bonchev–Trinajstić information content (AvgIpc) is 2.68. The maximum absolute atomic E-state index is 4.46. The summed E-state index contributed by atoms with van der Waals surface area (Å²) < 4.78 is 0. The molecule has 0 saturated heterocycles. The Morgan fingerprint density at radius 1 is 1.53 bits per heavy atom. The van der Waals surface area contributed by atoms with E-state index in [0.29, 0.717) is 6.04 Å². The highest BCUT2D eigenvalue weighted by Gasteiger charge is 2.03. The Kier molecular flexibility index (Phi) is 2.97. The van der Waals surface area contributed by atoms with Gasteiger partial charge in [-0.2, -0.15) is 0 Å². The summed E-state index contributed by atoms with van der Waals surface area (Å²) in [5.74, 6) is 0.971. The van der Waals surface area contributed by atoms with Gasteiger partial charge in [-0.05, 0) is 19.4 Å². The molecule has 2 aromatic rings. The van der Waals surface area contributed by atoms with Crippen LogP contribution in [0.1, 0.15) is 26.1 Å². The van der Waals surface area contributed by atoms with E-state index in [4.69, 9.17) is 0 Å². The molecule has 0 amide bonds. The number of aromatic amines is 1. The van der Waals surface area contributed by atoms with E-state index in [9.17, 15) is 0 Å². The van der Waals surface area contributed by atoms with Crippen molar-refractivity contribution < 1.29 is 0 Å². The van der Waals surface area contributed by atoms with Gasteiger partial charge in [0.15, 0.2) is 0 Å². The number of hydrogen-bond acceptors (Lipinski definition) is 3. The lowest BCUT2D eigenvalue weighted by atomic mass is 10.2. The van der Waals surface area contributed by atoms with Gasteiger partial charge in [0.25, 0.3) is 0 Å². The van der Waals surface area contributed by atoms with Crippen molar-refractivity contribution >= 4 is 11.0 Å². The fourth-order valence-electron chi connectivity index (χ4n) is 1.41. The van der Waals surface area contributed by atoms with Crippen molar-refractivity contribution in [3.8, 4) is 0 Å². The molecule has 0 saturated carbocycles. The average molecular weight is 204 g/mol. The van der Waals surface area contributed by atoms with Crippen LogP contribution in [0.15, 0.2) is 18.5 Å². The van der Waals surface area contributed by atoms with Crippen molar-refractivity contribution in [2.45, 2.75) is 32.9 Å². The van der Waals surface area contributed by atoms with Crippen LogP contribution < -0.4 is 5.32 Å². The molecular weight excluding hydrogens is 188 g/mol. The third-order valence-electron chi connectivity index (χ3n) is 2.56. The third-order valence-corrected chi connectivity index (χ3v) is 2.56. The van der Waals surface area contributed by atoms with Gasteiger partial charge < -0.3 is 10.3 Å². The molecule has 0 fully saturated rings. The van der Waals surface area contributed by atoms with Crippen molar-refractivity contribution in [1.82, 2.24) is 20.3 Å². The molecule has 0 spiro atoms. The zero-order valence-electron chi connectivity index (χ0n) is 9.12. The second-order valence-electron chi connectivity index (χ2n) is 3.77. The molecule has 4 heteroatoms. The highest BCUT2D eigenvalue weighted by molar-refractivity contribution is 5.73. The minimum atomic E-state index is 0.524. The van der Waals surface area contributed by atoms with Gasteiger partial charge in [-0.1, -0.05) is 6.92 Å². The van der Waals surface area contributed by atoms with E-state index >= 15 is 0 Å². The Bertz CT molecular complexity index is 402. The maximum Gasteiger partial charge on any atom is 0.121 e. The van der Waals surface area contributed by atoms with Crippen molar-refractivity contribution in [2.24, 2.45) is 0 Å². The Morgan fingerprint density at radius 3 is 3.13 bits per heavy atom. The first-order valence-electron chi connectivity index (χ1n) is 5.31. The standard InChI is InChI=1S/C11H16N4/c1-3-8(2)13-7-11-14-9-4-5-12-6-10(9)15-11/h4-6,8,13H,3,7H2,1-2H3,(H,14,15). The lowest BCUT2D eigenvalue weighted by Gasteiger charge is -2.08. The summed E-state index contributed by atoms with van der Waals surface area (Å²) in [6.07, 6.45) is 4.69. The lowest BCUT2D eigenvalue weighted by molar-refractivity contribution is 0.525. The minimum absolute atomic E-state index is 0.524. The van der Waals surface area contributed by atoms with E-state index < -0.39 is 0 Å². The van der Waals surface area contributed by atoms with E-state index in [1.165, 1.54) is 0 Å². The zero-order valence-corrected chi connectivity index (χ0v) is 9.12. The normalized spacial score (nSPS) is 13.2.